The number of carbonyl (C=O) groups excluding carboxylic acids is 2. The van der Waals surface area contributed by atoms with Crippen LogP contribution in [0.25, 0.3) is 0 Å². The molecule has 2 aromatic rings. The fourth-order valence-corrected chi connectivity index (χ4v) is 2.51. The van der Waals surface area contributed by atoms with Crippen molar-refractivity contribution in [1.82, 2.24) is 15.1 Å². The van der Waals surface area contributed by atoms with Gasteiger partial charge in [0.15, 0.2) is 0 Å². The highest BCUT2D eigenvalue weighted by Crippen LogP contribution is 2.16. The van der Waals surface area contributed by atoms with Crippen molar-refractivity contribution >= 4 is 23.3 Å². The van der Waals surface area contributed by atoms with Gasteiger partial charge in [-0.05, 0) is 52.0 Å². The molecular formula is C18H25N5O2. The first-order chi connectivity index (χ1) is 11.8. The molecular weight excluding hydrogens is 318 g/mol. The van der Waals surface area contributed by atoms with E-state index in [-0.39, 0.29) is 24.4 Å². The number of rotatable bonds is 5. The van der Waals surface area contributed by atoms with E-state index in [0.717, 1.165) is 17.0 Å². The molecule has 2 rings (SSSR count). The van der Waals surface area contributed by atoms with Gasteiger partial charge in [0.25, 0.3) is 0 Å². The predicted molar refractivity (Wildman–Crippen MR) is 98.7 cm³/mol. The average molecular weight is 343 g/mol. The summed E-state index contributed by atoms with van der Waals surface area (Å²) < 4.78 is 1.78. The Bertz CT molecular complexity index is 763. The smallest absolute Gasteiger partial charge is 0.319 e. The van der Waals surface area contributed by atoms with Crippen LogP contribution in [0.5, 0.6) is 0 Å². The summed E-state index contributed by atoms with van der Waals surface area (Å²) in [5, 5.41) is 12.7. The first kappa shape index (κ1) is 18.5. The number of anilines is 2. The Kier molecular flexibility index (Phi) is 5.80. The standard InChI is InChI=1S/C18H25N5O2/c1-11(2)19-18(25)21-15-8-6-14(7-9-15)20-17(24)10-16-12(3)22-23(5)13(16)4/h6-9,11H,10H2,1-5H3,(H,20,24)(H2,19,21,25). The van der Waals surface area contributed by atoms with Crippen LogP contribution in [0.15, 0.2) is 24.3 Å². The molecule has 0 aliphatic heterocycles. The zero-order chi connectivity index (χ0) is 18.6. The van der Waals surface area contributed by atoms with Crippen molar-refractivity contribution in [1.29, 1.82) is 0 Å². The molecule has 0 bridgehead atoms. The monoisotopic (exact) mass is 343 g/mol. The second kappa shape index (κ2) is 7.83. The Morgan fingerprint density at radius 2 is 1.64 bits per heavy atom. The summed E-state index contributed by atoms with van der Waals surface area (Å²) in [7, 11) is 1.87. The third-order valence-corrected chi connectivity index (χ3v) is 3.84. The third-order valence-electron chi connectivity index (χ3n) is 3.84. The molecule has 0 atom stereocenters. The molecule has 0 aliphatic carbocycles. The van der Waals surface area contributed by atoms with E-state index in [0.29, 0.717) is 11.4 Å². The molecule has 0 radical (unpaired) electrons. The number of nitrogens with zero attached hydrogens (tertiary/aromatic N) is 2. The van der Waals surface area contributed by atoms with Gasteiger partial charge in [0, 0.05) is 35.7 Å². The molecule has 1 heterocycles. The number of aromatic nitrogens is 2. The summed E-state index contributed by atoms with van der Waals surface area (Å²) in [5.74, 6) is -0.0996. The molecule has 0 saturated carbocycles. The van der Waals surface area contributed by atoms with E-state index >= 15 is 0 Å². The normalized spacial score (nSPS) is 10.6. The van der Waals surface area contributed by atoms with Crippen LogP contribution in [-0.2, 0) is 18.3 Å². The summed E-state index contributed by atoms with van der Waals surface area (Å²) in [6, 6.07) is 6.82. The molecule has 25 heavy (non-hydrogen) atoms. The van der Waals surface area contributed by atoms with Gasteiger partial charge in [-0.2, -0.15) is 5.10 Å². The fourth-order valence-electron chi connectivity index (χ4n) is 2.51. The van der Waals surface area contributed by atoms with Crippen molar-refractivity contribution in [2.75, 3.05) is 10.6 Å². The summed E-state index contributed by atoms with van der Waals surface area (Å²) >= 11 is 0. The van der Waals surface area contributed by atoms with E-state index in [9.17, 15) is 9.59 Å². The van der Waals surface area contributed by atoms with E-state index in [2.05, 4.69) is 21.0 Å². The lowest BCUT2D eigenvalue weighted by Gasteiger charge is -2.11. The molecule has 7 heteroatoms. The maximum absolute atomic E-state index is 12.3. The van der Waals surface area contributed by atoms with Gasteiger partial charge in [-0.15, -0.1) is 0 Å². The topological polar surface area (TPSA) is 88.1 Å². The van der Waals surface area contributed by atoms with Gasteiger partial charge in [-0.25, -0.2) is 4.79 Å². The highest BCUT2D eigenvalue weighted by atomic mass is 16.2. The molecule has 7 nitrogen and oxygen atoms in total. The van der Waals surface area contributed by atoms with E-state index in [4.69, 9.17) is 0 Å². The van der Waals surface area contributed by atoms with Crippen molar-refractivity contribution in [3.8, 4) is 0 Å². The average Bonchev–Trinajstić information content (AvgIpc) is 2.75. The largest absolute Gasteiger partial charge is 0.336 e. The molecule has 0 spiro atoms. The van der Waals surface area contributed by atoms with Gasteiger partial charge in [-0.1, -0.05) is 0 Å². The van der Waals surface area contributed by atoms with Crippen molar-refractivity contribution in [2.45, 2.75) is 40.2 Å². The number of carbonyl (C=O) groups is 2. The Morgan fingerprint density at radius 3 is 2.12 bits per heavy atom. The van der Waals surface area contributed by atoms with Gasteiger partial charge in [-0.3, -0.25) is 9.48 Å². The minimum absolute atomic E-state index is 0.0675. The molecule has 0 unspecified atom stereocenters. The van der Waals surface area contributed by atoms with Crippen molar-refractivity contribution < 1.29 is 9.59 Å². The Balaban J connectivity index is 1.94. The summed E-state index contributed by atoms with van der Waals surface area (Å²) in [6.07, 6.45) is 0.280. The first-order valence-electron chi connectivity index (χ1n) is 8.22. The maximum atomic E-state index is 12.3. The number of aryl methyl sites for hydroxylation is 2. The summed E-state index contributed by atoms with van der Waals surface area (Å²) in [4.78, 5) is 23.9. The number of hydrogen-bond acceptors (Lipinski definition) is 3. The number of hydrogen-bond donors (Lipinski definition) is 3. The van der Waals surface area contributed by atoms with Crippen LogP contribution < -0.4 is 16.0 Å². The van der Waals surface area contributed by atoms with Gasteiger partial charge in [0.1, 0.15) is 0 Å². The molecule has 0 fully saturated rings. The van der Waals surface area contributed by atoms with Gasteiger partial charge >= 0.3 is 6.03 Å². The van der Waals surface area contributed by atoms with Crippen molar-refractivity contribution in [3.05, 3.63) is 41.2 Å². The fraction of sp³-hybridized carbons (Fsp3) is 0.389. The third kappa shape index (κ3) is 5.07. The van der Waals surface area contributed by atoms with Crippen LogP contribution in [0.3, 0.4) is 0 Å². The summed E-state index contributed by atoms with van der Waals surface area (Å²) in [6.45, 7) is 7.64. The van der Waals surface area contributed by atoms with E-state index in [1.54, 1.807) is 28.9 Å². The van der Waals surface area contributed by atoms with Crippen LogP contribution >= 0.6 is 0 Å². The van der Waals surface area contributed by atoms with Crippen molar-refractivity contribution in [2.24, 2.45) is 7.05 Å². The van der Waals surface area contributed by atoms with Gasteiger partial charge < -0.3 is 16.0 Å². The van der Waals surface area contributed by atoms with Crippen LogP contribution in [-0.4, -0.2) is 27.8 Å². The SMILES string of the molecule is Cc1nn(C)c(C)c1CC(=O)Nc1ccc(NC(=O)NC(C)C)cc1. The van der Waals surface area contributed by atoms with Crippen LogP contribution in [0, 0.1) is 13.8 Å². The second-order valence-electron chi connectivity index (χ2n) is 6.33. The molecule has 1 aromatic carbocycles. The lowest BCUT2D eigenvalue weighted by Crippen LogP contribution is -2.34. The van der Waals surface area contributed by atoms with Crippen LogP contribution in [0.1, 0.15) is 30.8 Å². The number of urea groups is 1. The molecule has 134 valence electrons. The van der Waals surface area contributed by atoms with Gasteiger partial charge in [0.2, 0.25) is 5.91 Å². The van der Waals surface area contributed by atoms with E-state index in [1.807, 2.05) is 34.7 Å². The predicted octanol–water partition coefficient (Wildman–Crippen LogP) is 2.75. The quantitative estimate of drug-likeness (QED) is 0.780. The zero-order valence-corrected chi connectivity index (χ0v) is 15.3. The lowest BCUT2D eigenvalue weighted by atomic mass is 10.1. The highest BCUT2D eigenvalue weighted by Gasteiger charge is 2.13. The molecule has 1 aromatic heterocycles. The number of nitrogens with one attached hydrogen (secondary N) is 3. The molecule has 3 amide bonds. The Morgan fingerprint density at radius 1 is 1.08 bits per heavy atom. The molecule has 3 N–H and O–H groups in total. The van der Waals surface area contributed by atoms with Crippen molar-refractivity contribution in [3.63, 3.8) is 0 Å². The molecule has 0 aliphatic rings. The minimum Gasteiger partial charge on any atom is -0.336 e. The number of amides is 3. The lowest BCUT2D eigenvalue weighted by molar-refractivity contribution is -0.115. The van der Waals surface area contributed by atoms with E-state index < -0.39 is 0 Å². The molecule has 0 saturated heterocycles. The Labute approximate surface area is 147 Å². The van der Waals surface area contributed by atoms with Gasteiger partial charge in [0.05, 0.1) is 12.1 Å². The van der Waals surface area contributed by atoms with Crippen LogP contribution in [0.2, 0.25) is 0 Å². The minimum atomic E-state index is -0.255. The van der Waals surface area contributed by atoms with E-state index in [1.165, 1.54) is 0 Å². The summed E-state index contributed by atoms with van der Waals surface area (Å²) in [5.41, 5.74) is 4.15. The first-order valence-corrected chi connectivity index (χ1v) is 8.22. The maximum Gasteiger partial charge on any atom is 0.319 e. The highest BCUT2D eigenvalue weighted by molar-refractivity contribution is 5.93. The Hall–Kier alpha value is -2.83. The van der Waals surface area contributed by atoms with Crippen LogP contribution in [0.4, 0.5) is 16.2 Å². The number of benzene rings is 1. The second-order valence-corrected chi connectivity index (χ2v) is 6.33. The zero-order valence-electron chi connectivity index (χ0n) is 15.3.